The van der Waals surface area contributed by atoms with Crippen LogP contribution in [0.5, 0.6) is 0 Å². The molecule has 0 saturated heterocycles. The Kier molecular flexibility index (Phi) is 3.27. The molecule has 0 bridgehead atoms. The lowest BCUT2D eigenvalue weighted by Gasteiger charge is -2.12. The topological polar surface area (TPSA) is 40.5 Å². The lowest BCUT2D eigenvalue weighted by atomic mass is 9.74. The van der Waals surface area contributed by atoms with Gasteiger partial charge in [0, 0.05) is 0 Å². The molecule has 0 radical (unpaired) electrons. The van der Waals surface area contributed by atoms with Crippen LogP contribution in [0.15, 0.2) is 42.5 Å². The Bertz CT molecular complexity index is 526. The third kappa shape index (κ3) is 2.38. The van der Waals surface area contributed by atoms with E-state index in [2.05, 4.69) is 0 Å². The normalized spacial score (nSPS) is 10.4. The van der Waals surface area contributed by atoms with Crippen LogP contribution in [0.2, 0.25) is 0 Å². The van der Waals surface area contributed by atoms with Gasteiger partial charge >= 0.3 is 7.12 Å². The van der Waals surface area contributed by atoms with Gasteiger partial charge in [-0.05, 0) is 41.2 Å². The van der Waals surface area contributed by atoms with E-state index in [0.29, 0.717) is 11.1 Å². The molecule has 4 heteroatoms. The van der Waals surface area contributed by atoms with Crippen LogP contribution >= 0.6 is 0 Å². The van der Waals surface area contributed by atoms with Crippen LogP contribution in [0.3, 0.4) is 0 Å². The summed E-state index contributed by atoms with van der Waals surface area (Å²) >= 11 is 0. The van der Waals surface area contributed by atoms with Crippen LogP contribution < -0.4 is 5.46 Å². The van der Waals surface area contributed by atoms with Crippen molar-refractivity contribution in [2.75, 3.05) is 0 Å². The minimum Gasteiger partial charge on any atom is -0.423 e. The van der Waals surface area contributed by atoms with Crippen molar-refractivity contribution < 1.29 is 14.4 Å². The summed E-state index contributed by atoms with van der Waals surface area (Å²) in [6.07, 6.45) is 0. The van der Waals surface area contributed by atoms with Gasteiger partial charge < -0.3 is 10.0 Å². The van der Waals surface area contributed by atoms with Crippen LogP contribution in [-0.2, 0) is 0 Å². The fourth-order valence-corrected chi connectivity index (χ4v) is 1.97. The molecule has 0 fully saturated rings. The first-order valence-electron chi connectivity index (χ1n) is 5.31. The van der Waals surface area contributed by atoms with E-state index in [1.807, 2.05) is 30.3 Å². The smallest absolute Gasteiger partial charge is 0.423 e. The summed E-state index contributed by atoms with van der Waals surface area (Å²) in [5.41, 5.74) is 2.38. The molecule has 2 nitrogen and oxygen atoms in total. The molecule has 17 heavy (non-hydrogen) atoms. The largest absolute Gasteiger partial charge is 0.489 e. The Balaban J connectivity index is 2.68. The molecule has 0 atom stereocenters. The number of aryl methyl sites for hydroxylation is 1. The maximum Gasteiger partial charge on any atom is 0.489 e. The highest BCUT2D eigenvalue weighted by atomic mass is 19.1. The molecule has 2 rings (SSSR count). The van der Waals surface area contributed by atoms with E-state index in [1.54, 1.807) is 6.92 Å². The molecule has 2 aromatic rings. The van der Waals surface area contributed by atoms with Gasteiger partial charge in [0.15, 0.2) is 0 Å². The van der Waals surface area contributed by atoms with Gasteiger partial charge in [-0.2, -0.15) is 0 Å². The van der Waals surface area contributed by atoms with E-state index in [9.17, 15) is 14.4 Å². The quantitative estimate of drug-likeness (QED) is 0.767. The third-order valence-electron chi connectivity index (χ3n) is 2.67. The lowest BCUT2D eigenvalue weighted by Crippen LogP contribution is -2.32. The van der Waals surface area contributed by atoms with Crippen LogP contribution in [0.4, 0.5) is 4.39 Å². The minimum atomic E-state index is -1.68. The number of hydrogen-bond acceptors (Lipinski definition) is 2. The van der Waals surface area contributed by atoms with Gasteiger partial charge in [-0.1, -0.05) is 30.3 Å². The van der Waals surface area contributed by atoms with Gasteiger partial charge in [-0.3, -0.25) is 0 Å². The molecule has 0 saturated carbocycles. The van der Waals surface area contributed by atoms with Crippen LogP contribution in [-0.4, -0.2) is 17.2 Å². The van der Waals surface area contributed by atoms with Gasteiger partial charge in [-0.25, -0.2) is 4.39 Å². The molecule has 0 aliphatic rings. The molecule has 0 aliphatic heterocycles. The van der Waals surface area contributed by atoms with Gasteiger partial charge in [0.2, 0.25) is 0 Å². The van der Waals surface area contributed by atoms with Crippen LogP contribution in [0.25, 0.3) is 11.1 Å². The zero-order chi connectivity index (χ0) is 12.4. The Morgan fingerprint density at radius 3 is 2.29 bits per heavy atom. The first-order chi connectivity index (χ1) is 8.09. The SMILES string of the molecule is Cc1cc(F)cc(B(O)O)c1-c1ccccc1. The molecule has 0 spiro atoms. The molecule has 86 valence electrons. The fraction of sp³-hybridized carbons (Fsp3) is 0.0769. The van der Waals surface area contributed by atoms with Crippen molar-refractivity contribution in [3.05, 3.63) is 53.8 Å². The second-order valence-corrected chi connectivity index (χ2v) is 3.93. The minimum absolute atomic E-state index is 0.189. The van der Waals surface area contributed by atoms with Gasteiger partial charge in [0.1, 0.15) is 5.82 Å². The van der Waals surface area contributed by atoms with Gasteiger partial charge in [0.05, 0.1) is 0 Å². The summed E-state index contributed by atoms with van der Waals surface area (Å²) in [4.78, 5) is 0. The highest BCUT2D eigenvalue weighted by molar-refractivity contribution is 6.60. The average Bonchev–Trinajstić information content (AvgIpc) is 2.29. The molecular formula is C13H12BFO2. The number of halogens is 1. The molecule has 2 aromatic carbocycles. The summed E-state index contributed by atoms with van der Waals surface area (Å²) < 4.78 is 13.3. The number of benzene rings is 2. The van der Waals surface area contributed by atoms with Crippen molar-refractivity contribution in [3.8, 4) is 11.1 Å². The molecular weight excluding hydrogens is 218 g/mol. The Labute approximate surface area is 99.5 Å². The number of hydrogen-bond donors (Lipinski definition) is 2. The predicted molar refractivity (Wildman–Crippen MR) is 66.4 cm³/mol. The Hall–Kier alpha value is -1.65. The molecule has 0 aliphatic carbocycles. The van der Waals surface area contributed by atoms with E-state index in [0.717, 1.165) is 11.6 Å². The van der Waals surface area contributed by atoms with Crippen molar-refractivity contribution in [2.45, 2.75) is 6.92 Å². The van der Waals surface area contributed by atoms with Gasteiger partial charge in [-0.15, -0.1) is 0 Å². The molecule has 0 heterocycles. The van der Waals surface area contributed by atoms with Crippen LogP contribution in [0, 0.1) is 12.7 Å². The lowest BCUT2D eigenvalue weighted by molar-refractivity contribution is 0.425. The zero-order valence-corrected chi connectivity index (χ0v) is 9.39. The van der Waals surface area contributed by atoms with Crippen molar-refractivity contribution in [2.24, 2.45) is 0 Å². The van der Waals surface area contributed by atoms with E-state index in [1.165, 1.54) is 6.07 Å². The predicted octanol–water partition coefficient (Wildman–Crippen LogP) is 1.48. The van der Waals surface area contributed by atoms with Crippen molar-refractivity contribution in [1.29, 1.82) is 0 Å². The van der Waals surface area contributed by atoms with E-state index in [4.69, 9.17) is 0 Å². The summed E-state index contributed by atoms with van der Waals surface area (Å²) in [5.74, 6) is -0.467. The third-order valence-corrected chi connectivity index (χ3v) is 2.67. The second kappa shape index (κ2) is 4.69. The first-order valence-corrected chi connectivity index (χ1v) is 5.31. The highest BCUT2D eigenvalue weighted by Gasteiger charge is 2.19. The standard InChI is InChI=1S/C13H12BFO2/c1-9-7-11(15)8-12(14(16)17)13(9)10-5-3-2-4-6-10/h2-8,16-17H,1H3. The van der Waals surface area contributed by atoms with Crippen LogP contribution in [0.1, 0.15) is 5.56 Å². The van der Waals surface area contributed by atoms with Crippen molar-refractivity contribution in [1.82, 2.24) is 0 Å². The fourth-order valence-electron chi connectivity index (χ4n) is 1.97. The van der Waals surface area contributed by atoms with Crippen molar-refractivity contribution in [3.63, 3.8) is 0 Å². The maximum atomic E-state index is 13.3. The molecule has 0 amide bonds. The van der Waals surface area contributed by atoms with Crippen molar-refractivity contribution >= 4 is 12.6 Å². The first kappa shape index (κ1) is 11.8. The summed E-state index contributed by atoms with van der Waals surface area (Å²) in [6, 6.07) is 11.8. The van der Waals surface area contributed by atoms with Gasteiger partial charge in [0.25, 0.3) is 0 Å². The summed E-state index contributed by atoms with van der Waals surface area (Å²) in [6.45, 7) is 1.75. The zero-order valence-electron chi connectivity index (χ0n) is 9.39. The average molecular weight is 230 g/mol. The molecule has 0 aromatic heterocycles. The van der Waals surface area contributed by atoms with E-state index in [-0.39, 0.29) is 5.46 Å². The number of rotatable bonds is 2. The Morgan fingerprint density at radius 2 is 1.71 bits per heavy atom. The summed E-state index contributed by atoms with van der Waals surface area (Å²) in [5, 5.41) is 18.6. The highest BCUT2D eigenvalue weighted by Crippen LogP contribution is 2.22. The van der Waals surface area contributed by atoms with E-state index < -0.39 is 12.9 Å². The maximum absolute atomic E-state index is 13.3. The molecule has 0 unspecified atom stereocenters. The Morgan fingerprint density at radius 1 is 1.06 bits per heavy atom. The van der Waals surface area contributed by atoms with E-state index >= 15 is 0 Å². The monoisotopic (exact) mass is 230 g/mol. The second-order valence-electron chi connectivity index (χ2n) is 3.93. The molecule has 2 N–H and O–H groups in total. The summed E-state index contributed by atoms with van der Waals surface area (Å²) in [7, 11) is -1.68.